The third-order valence-electron chi connectivity index (χ3n) is 2.34. The van der Waals surface area contributed by atoms with Gasteiger partial charge in [0.1, 0.15) is 0 Å². The molecule has 1 fully saturated rings. The van der Waals surface area contributed by atoms with Crippen molar-refractivity contribution in [1.29, 1.82) is 0 Å². The van der Waals surface area contributed by atoms with Gasteiger partial charge in [-0.1, -0.05) is 34.1 Å². The van der Waals surface area contributed by atoms with Crippen molar-refractivity contribution in [3.63, 3.8) is 0 Å². The molecule has 1 saturated heterocycles. The van der Waals surface area contributed by atoms with Crippen LogP contribution in [0.1, 0.15) is 47.0 Å². The average molecular weight is 171 g/mol. The fourth-order valence-electron chi connectivity index (χ4n) is 1.61. The Kier molecular flexibility index (Phi) is 7.58. The van der Waals surface area contributed by atoms with E-state index in [2.05, 4.69) is 18.7 Å². The van der Waals surface area contributed by atoms with Crippen LogP contribution in [0, 0.1) is 5.92 Å². The first-order valence-electron chi connectivity index (χ1n) is 5.55. The van der Waals surface area contributed by atoms with E-state index in [0.717, 1.165) is 5.92 Å². The summed E-state index contributed by atoms with van der Waals surface area (Å²) < 4.78 is 0. The van der Waals surface area contributed by atoms with Crippen LogP contribution in [0.3, 0.4) is 0 Å². The summed E-state index contributed by atoms with van der Waals surface area (Å²) in [5, 5.41) is 0. The Morgan fingerprint density at radius 2 is 2.00 bits per heavy atom. The standard InChI is InChI=1S/C9H19N.C2H6/c1-3-4-6-10-7-5-9(2)8-10;1-2/h9H,3-8H2,1-2H3;1-2H3. The number of nitrogens with zero attached hydrogens (tertiary/aromatic N) is 1. The molecule has 0 bridgehead atoms. The van der Waals surface area contributed by atoms with Crippen LogP contribution in [0.25, 0.3) is 0 Å². The van der Waals surface area contributed by atoms with Gasteiger partial charge in [0.15, 0.2) is 0 Å². The van der Waals surface area contributed by atoms with Crippen molar-refractivity contribution in [3.05, 3.63) is 0 Å². The Balaban J connectivity index is 0.000000561. The topological polar surface area (TPSA) is 3.24 Å². The van der Waals surface area contributed by atoms with E-state index < -0.39 is 0 Å². The van der Waals surface area contributed by atoms with Gasteiger partial charge >= 0.3 is 0 Å². The lowest BCUT2D eigenvalue weighted by atomic mass is 10.2. The molecule has 1 aliphatic heterocycles. The zero-order valence-corrected chi connectivity index (χ0v) is 9.27. The molecular formula is C11H25N. The minimum atomic E-state index is 0.955. The van der Waals surface area contributed by atoms with Gasteiger partial charge in [-0.3, -0.25) is 0 Å². The Morgan fingerprint density at radius 1 is 1.33 bits per heavy atom. The van der Waals surface area contributed by atoms with Gasteiger partial charge in [0.05, 0.1) is 0 Å². The molecule has 0 N–H and O–H groups in total. The minimum absolute atomic E-state index is 0.955. The van der Waals surface area contributed by atoms with Gasteiger partial charge in [0.25, 0.3) is 0 Å². The summed E-state index contributed by atoms with van der Waals surface area (Å²) in [6.45, 7) is 12.6. The van der Waals surface area contributed by atoms with Crippen molar-refractivity contribution in [1.82, 2.24) is 4.90 Å². The van der Waals surface area contributed by atoms with E-state index in [9.17, 15) is 0 Å². The van der Waals surface area contributed by atoms with Crippen LogP contribution in [0.4, 0.5) is 0 Å². The minimum Gasteiger partial charge on any atom is -0.303 e. The zero-order chi connectivity index (χ0) is 9.40. The fourth-order valence-corrected chi connectivity index (χ4v) is 1.61. The van der Waals surface area contributed by atoms with E-state index >= 15 is 0 Å². The second-order valence-electron chi connectivity index (χ2n) is 3.55. The molecular weight excluding hydrogens is 146 g/mol. The Labute approximate surface area is 78.1 Å². The van der Waals surface area contributed by atoms with Gasteiger partial charge in [-0.2, -0.15) is 0 Å². The van der Waals surface area contributed by atoms with Crippen molar-refractivity contribution in [2.75, 3.05) is 19.6 Å². The van der Waals surface area contributed by atoms with Crippen LogP contribution in [-0.2, 0) is 0 Å². The predicted molar refractivity (Wildman–Crippen MR) is 56.5 cm³/mol. The maximum Gasteiger partial charge on any atom is 0.000750 e. The van der Waals surface area contributed by atoms with Gasteiger partial charge in [0.2, 0.25) is 0 Å². The lowest BCUT2D eigenvalue weighted by molar-refractivity contribution is 0.322. The van der Waals surface area contributed by atoms with Crippen LogP contribution in [-0.4, -0.2) is 24.5 Å². The van der Waals surface area contributed by atoms with Crippen molar-refractivity contribution in [3.8, 4) is 0 Å². The van der Waals surface area contributed by atoms with E-state index in [4.69, 9.17) is 0 Å². The van der Waals surface area contributed by atoms with E-state index in [1.165, 1.54) is 38.9 Å². The van der Waals surface area contributed by atoms with Gasteiger partial charge in [0, 0.05) is 6.54 Å². The highest BCUT2D eigenvalue weighted by Crippen LogP contribution is 2.14. The maximum atomic E-state index is 2.59. The van der Waals surface area contributed by atoms with Crippen LogP contribution < -0.4 is 0 Å². The highest BCUT2D eigenvalue weighted by Gasteiger charge is 2.16. The third kappa shape index (κ3) is 4.76. The number of likely N-dealkylation sites (tertiary alicyclic amines) is 1. The number of hydrogen-bond donors (Lipinski definition) is 0. The predicted octanol–water partition coefficient (Wildman–Crippen LogP) is 3.15. The largest absolute Gasteiger partial charge is 0.303 e. The summed E-state index contributed by atoms with van der Waals surface area (Å²) in [7, 11) is 0. The van der Waals surface area contributed by atoms with Gasteiger partial charge in [-0.15, -0.1) is 0 Å². The monoisotopic (exact) mass is 171 g/mol. The van der Waals surface area contributed by atoms with Crippen molar-refractivity contribution < 1.29 is 0 Å². The molecule has 1 unspecified atom stereocenters. The van der Waals surface area contributed by atoms with Crippen LogP contribution in [0.5, 0.6) is 0 Å². The summed E-state index contributed by atoms with van der Waals surface area (Å²) in [6, 6.07) is 0. The van der Waals surface area contributed by atoms with Crippen molar-refractivity contribution in [2.45, 2.75) is 47.0 Å². The molecule has 0 aromatic carbocycles. The Hall–Kier alpha value is -0.0400. The SMILES string of the molecule is CC.CCCCN1CCC(C)C1. The smallest absolute Gasteiger partial charge is 0.000750 e. The molecule has 1 heteroatoms. The average Bonchev–Trinajstić information content (AvgIpc) is 2.51. The van der Waals surface area contributed by atoms with E-state index in [1.54, 1.807) is 0 Å². The summed E-state index contributed by atoms with van der Waals surface area (Å²) in [5.74, 6) is 0.955. The molecule has 0 aromatic rings. The molecule has 1 atom stereocenters. The molecule has 1 rings (SSSR count). The highest BCUT2D eigenvalue weighted by molar-refractivity contribution is 4.71. The Bertz CT molecular complexity index is 91.0. The van der Waals surface area contributed by atoms with E-state index in [-0.39, 0.29) is 0 Å². The summed E-state index contributed by atoms with van der Waals surface area (Å²) in [6.07, 6.45) is 4.14. The van der Waals surface area contributed by atoms with E-state index in [0.29, 0.717) is 0 Å². The molecule has 0 saturated carbocycles. The Morgan fingerprint density at radius 3 is 2.42 bits per heavy atom. The van der Waals surface area contributed by atoms with Crippen LogP contribution in [0.2, 0.25) is 0 Å². The maximum absolute atomic E-state index is 2.59. The normalized spacial score (nSPS) is 23.5. The second-order valence-corrected chi connectivity index (χ2v) is 3.55. The first-order valence-corrected chi connectivity index (χ1v) is 5.55. The summed E-state index contributed by atoms with van der Waals surface area (Å²) in [4.78, 5) is 2.59. The second kappa shape index (κ2) is 7.60. The first kappa shape index (κ1) is 12.0. The van der Waals surface area contributed by atoms with Gasteiger partial charge in [-0.25, -0.2) is 0 Å². The number of rotatable bonds is 3. The van der Waals surface area contributed by atoms with E-state index in [1.807, 2.05) is 13.8 Å². The lowest BCUT2D eigenvalue weighted by Crippen LogP contribution is -2.21. The molecule has 0 aromatic heterocycles. The molecule has 0 aliphatic carbocycles. The van der Waals surface area contributed by atoms with Crippen molar-refractivity contribution >= 4 is 0 Å². The molecule has 1 heterocycles. The molecule has 0 spiro atoms. The van der Waals surface area contributed by atoms with Gasteiger partial charge < -0.3 is 4.90 Å². The van der Waals surface area contributed by atoms with Crippen LogP contribution >= 0.6 is 0 Å². The molecule has 0 amide bonds. The zero-order valence-electron chi connectivity index (χ0n) is 9.27. The summed E-state index contributed by atoms with van der Waals surface area (Å²) >= 11 is 0. The molecule has 1 nitrogen and oxygen atoms in total. The quantitative estimate of drug-likeness (QED) is 0.630. The molecule has 12 heavy (non-hydrogen) atoms. The number of unbranched alkanes of at least 4 members (excludes halogenated alkanes) is 1. The molecule has 1 aliphatic rings. The van der Waals surface area contributed by atoms with Crippen LogP contribution in [0.15, 0.2) is 0 Å². The molecule has 74 valence electrons. The summed E-state index contributed by atoms with van der Waals surface area (Å²) in [5.41, 5.74) is 0. The van der Waals surface area contributed by atoms with Gasteiger partial charge in [-0.05, 0) is 31.8 Å². The fraction of sp³-hybridized carbons (Fsp3) is 1.00. The highest BCUT2D eigenvalue weighted by atomic mass is 15.1. The molecule has 0 radical (unpaired) electrons. The van der Waals surface area contributed by atoms with Crippen molar-refractivity contribution in [2.24, 2.45) is 5.92 Å². The lowest BCUT2D eigenvalue weighted by Gasteiger charge is -2.13. The third-order valence-corrected chi connectivity index (χ3v) is 2.34. The number of hydrogen-bond acceptors (Lipinski definition) is 1. The first-order chi connectivity index (χ1) is 5.83.